The number of H-pyrrole nitrogens is 1. The van der Waals surface area contributed by atoms with Crippen molar-refractivity contribution >= 4 is 16.7 Å². The molecule has 0 aliphatic rings. The monoisotopic (exact) mass is 234 g/mol. The average Bonchev–Trinajstić information content (AvgIpc) is 2.79. The first-order valence-electron chi connectivity index (χ1n) is 5.23. The van der Waals surface area contributed by atoms with Crippen molar-refractivity contribution in [2.45, 2.75) is 0 Å². The Hall–Kier alpha value is -3.05. The van der Waals surface area contributed by atoms with Crippen molar-refractivity contribution in [2.75, 3.05) is 0 Å². The lowest BCUT2D eigenvalue weighted by Crippen LogP contribution is -2.16. The van der Waals surface area contributed by atoms with Crippen LogP contribution in [0.1, 0.15) is 11.1 Å². The zero-order valence-electron chi connectivity index (χ0n) is 9.14. The Morgan fingerprint density at radius 1 is 1.11 bits per heavy atom. The summed E-state index contributed by atoms with van der Waals surface area (Å²) in [6.07, 6.45) is 0. The Morgan fingerprint density at radius 2 is 1.83 bits per heavy atom. The molecular weight excluding hydrogens is 228 g/mol. The van der Waals surface area contributed by atoms with Gasteiger partial charge in [-0.05, 0) is 18.2 Å². The van der Waals surface area contributed by atoms with Crippen LogP contribution in [0, 0.1) is 22.7 Å². The fraction of sp³-hybridized carbons (Fsp3) is 0. The van der Waals surface area contributed by atoms with Crippen LogP contribution >= 0.6 is 0 Å². The number of benzene rings is 1. The van der Waals surface area contributed by atoms with Gasteiger partial charge in [0, 0.05) is 0 Å². The second kappa shape index (κ2) is 3.47. The predicted octanol–water partition coefficient (Wildman–Crippen LogP) is 1.52. The Labute approximate surface area is 101 Å². The van der Waals surface area contributed by atoms with E-state index in [0.717, 1.165) is 5.52 Å². The molecule has 0 unspecified atom stereocenters. The number of pyridine rings is 1. The molecule has 0 saturated carbocycles. The molecule has 1 aromatic carbocycles. The smallest absolute Gasteiger partial charge is 0.274 e. The molecule has 0 fully saturated rings. The van der Waals surface area contributed by atoms with Gasteiger partial charge in [-0.2, -0.15) is 10.5 Å². The van der Waals surface area contributed by atoms with Gasteiger partial charge in [-0.25, -0.2) is 0 Å². The number of hydrogen-bond donors (Lipinski definition) is 1. The standard InChI is InChI=1S/C13H6N4O/c14-6-8-5-9(7-15)13(18)17-11-4-2-1-3-10(11)16-12(8)17/h1-5,16H. The third-order valence-corrected chi connectivity index (χ3v) is 2.84. The number of imidazole rings is 1. The topological polar surface area (TPSA) is 84.8 Å². The largest absolute Gasteiger partial charge is 0.338 e. The van der Waals surface area contributed by atoms with E-state index in [1.165, 1.54) is 10.5 Å². The van der Waals surface area contributed by atoms with E-state index in [1.54, 1.807) is 12.1 Å². The van der Waals surface area contributed by atoms with E-state index in [1.807, 2.05) is 24.3 Å². The molecule has 0 aliphatic carbocycles. The number of nitriles is 2. The number of para-hydroxylation sites is 2. The lowest BCUT2D eigenvalue weighted by atomic mass is 10.2. The van der Waals surface area contributed by atoms with Crippen LogP contribution in [0.2, 0.25) is 0 Å². The minimum atomic E-state index is -0.413. The number of aromatic amines is 1. The Balaban J connectivity index is 2.70. The van der Waals surface area contributed by atoms with E-state index < -0.39 is 5.56 Å². The van der Waals surface area contributed by atoms with Gasteiger partial charge in [0.2, 0.25) is 0 Å². The lowest BCUT2D eigenvalue weighted by Gasteiger charge is -1.97. The third kappa shape index (κ3) is 1.16. The van der Waals surface area contributed by atoms with Crippen LogP contribution in [0.4, 0.5) is 0 Å². The Bertz CT molecular complexity index is 918. The first-order valence-corrected chi connectivity index (χ1v) is 5.23. The van der Waals surface area contributed by atoms with Gasteiger partial charge in [-0.3, -0.25) is 9.20 Å². The first-order chi connectivity index (χ1) is 8.76. The van der Waals surface area contributed by atoms with Crippen molar-refractivity contribution in [3.63, 3.8) is 0 Å². The van der Waals surface area contributed by atoms with Crippen LogP contribution in [-0.4, -0.2) is 9.38 Å². The minimum absolute atomic E-state index is 0.0335. The van der Waals surface area contributed by atoms with Gasteiger partial charge in [0.15, 0.2) is 0 Å². The van der Waals surface area contributed by atoms with E-state index in [9.17, 15) is 4.79 Å². The molecular formula is C13H6N4O. The number of fused-ring (bicyclic) bond motifs is 3. The van der Waals surface area contributed by atoms with Gasteiger partial charge in [0.05, 0.1) is 16.6 Å². The summed E-state index contributed by atoms with van der Waals surface area (Å²) >= 11 is 0. The summed E-state index contributed by atoms with van der Waals surface area (Å²) in [6.45, 7) is 0. The molecule has 0 bridgehead atoms. The highest BCUT2D eigenvalue weighted by Crippen LogP contribution is 2.17. The quantitative estimate of drug-likeness (QED) is 0.640. The number of nitrogens with zero attached hydrogens (tertiary/aromatic N) is 3. The van der Waals surface area contributed by atoms with Crippen LogP contribution in [0.15, 0.2) is 35.1 Å². The van der Waals surface area contributed by atoms with Gasteiger partial charge < -0.3 is 4.98 Å². The Morgan fingerprint density at radius 3 is 2.56 bits per heavy atom. The van der Waals surface area contributed by atoms with E-state index in [0.29, 0.717) is 11.2 Å². The van der Waals surface area contributed by atoms with Crippen LogP contribution in [0.25, 0.3) is 16.7 Å². The number of nitrogens with one attached hydrogen (secondary N) is 1. The van der Waals surface area contributed by atoms with Crippen molar-refractivity contribution < 1.29 is 0 Å². The van der Waals surface area contributed by atoms with E-state index in [-0.39, 0.29) is 11.1 Å². The molecule has 2 aromatic heterocycles. The molecule has 3 rings (SSSR count). The summed E-state index contributed by atoms with van der Waals surface area (Å²) in [7, 11) is 0. The van der Waals surface area contributed by atoms with Crippen LogP contribution in [-0.2, 0) is 0 Å². The molecule has 1 N–H and O–H groups in total. The van der Waals surface area contributed by atoms with E-state index in [4.69, 9.17) is 10.5 Å². The normalized spacial score (nSPS) is 10.3. The van der Waals surface area contributed by atoms with Crippen molar-refractivity contribution in [2.24, 2.45) is 0 Å². The second-order valence-electron chi connectivity index (χ2n) is 3.83. The van der Waals surface area contributed by atoms with Crippen molar-refractivity contribution in [1.82, 2.24) is 9.38 Å². The molecule has 5 heteroatoms. The molecule has 84 valence electrons. The van der Waals surface area contributed by atoms with Crippen LogP contribution in [0.3, 0.4) is 0 Å². The predicted molar refractivity (Wildman–Crippen MR) is 65.0 cm³/mol. The van der Waals surface area contributed by atoms with Gasteiger partial charge >= 0.3 is 0 Å². The van der Waals surface area contributed by atoms with Crippen molar-refractivity contribution in [3.05, 3.63) is 51.8 Å². The first kappa shape index (κ1) is 10.1. The second-order valence-corrected chi connectivity index (χ2v) is 3.83. The summed E-state index contributed by atoms with van der Waals surface area (Å²) in [5.74, 6) is 0. The van der Waals surface area contributed by atoms with E-state index in [2.05, 4.69) is 4.98 Å². The summed E-state index contributed by atoms with van der Waals surface area (Å²) in [5, 5.41) is 18.0. The van der Waals surface area contributed by atoms with Gasteiger partial charge in [0.25, 0.3) is 5.56 Å². The maximum atomic E-state index is 12.1. The summed E-state index contributed by atoms with van der Waals surface area (Å²) in [4.78, 5) is 15.1. The third-order valence-electron chi connectivity index (χ3n) is 2.84. The SMILES string of the molecule is N#Cc1cc(C#N)c2[nH]c3ccccc3n2c1=O. The highest BCUT2D eigenvalue weighted by Gasteiger charge is 2.13. The highest BCUT2D eigenvalue weighted by atomic mass is 16.1. The molecule has 0 radical (unpaired) electrons. The molecule has 0 amide bonds. The number of aromatic nitrogens is 2. The molecule has 0 spiro atoms. The zero-order chi connectivity index (χ0) is 12.7. The summed E-state index contributed by atoms with van der Waals surface area (Å²) in [5.41, 5.74) is 1.66. The van der Waals surface area contributed by atoms with Gasteiger partial charge in [0.1, 0.15) is 23.3 Å². The summed E-state index contributed by atoms with van der Waals surface area (Å²) in [6, 6.07) is 12.3. The molecule has 0 saturated heterocycles. The van der Waals surface area contributed by atoms with Crippen LogP contribution < -0.4 is 5.56 Å². The molecule has 0 atom stereocenters. The molecule has 2 heterocycles. The lowest BCUT2D eigenvalue weighted by molar-refractivity contribution is 1.13. The summed E-state index contributed by atoms with van der Waals surface area (Å²) < 4.78 is 1.37. The van der Waals surface area contributed by atoms with E-state index >= 15 is 0 Å². The molecule has 5 nitrogen and oxygen atoms in total. The van der Waals surface area contributed by atoms with Crippen molar-refractivity contribution in [1.29, 1.82) is 10.5 Å². The number of hydrogen-bond acceptors (Lipinski definition) is 3. The maximum absolute atomic E-state index is 12.1. The zero-order valence-corrected chi connectivity index (χ0v) is 9.14. The fourth-order valence-corrected chi connectivity index (χ4v) is 2.04. The van der Waals surface area contributed by atoms with Gasteiger partial charge in [-0.15, -0.1) is 0 Å². The molecule has 3 aromatic rings. The maximum Gasteiger partial charge on any atom is 0.274 e. The molecule has 0 aliphatic heterocycles. The highest BCUT2D eigenvalue weighted by molar-refractivity contribution is 5.82. The average molecular weight is 234 g/mol. The van der Waals surface area contributed by atoms with Crippen LogP contribution in [0.5, 0.6) is 0 Å². The van der Waals surface area contributed by atoms with Gasteiger partial charge in [-0.1, -0.05) is 12.1 Å². The Kier molecular flexibility index (Phi) is 1.95. The number of rotatable bonds is 0. The molecule has 18 heavy (non-hydrogen) atoms. The fourth-order valence-electron chi connectivity index (χ4n) is 2.04. The minimum Gasteiger partial charge on any atom is -0.338 e. The van der Waals surface area contributed by atoms with Crippen molar-refractivity contribution in [3.8, 4) is 12.1 Å².